The van der Waals surface area contributed by atoms with Crippen molar-refractivity contribution in [1.29, 1.82) is 0 Å². The molecule has 0 amide bonds. The van der Waals surface area contributed by atoms with Crippen molar-refractivity contribution in [3.05, 3.63) is 48.5 Å². The first-order valence-electron chi connectivity index (χ1n) is 5.32. The second-order valence-corrected chi connectivity index (χ2v) is 3.68. The summed E-state index contributed by atoms with van der Waals surface area (Å²) < 4.78 is 1.77. The second-order valence-electron chi connectivity index (χ2n) is 3.68. The molecule has 0 aliphatic rings. The Morgan fingerprint density at radius 3 is 2.71 bits per heavy atom. The first kappa shape index (κ1) is 9.92. The van der Waals surface area contributed by atoms with Crippen molar-refractivity contribution < 1.29 is 0 Å². The molecule has 2 N–H and O–H groups in total. The third-order valence-corrected chi connectivity index (χ3v) is 2.62. The van der Waals surface area contributed by atoms with E-state index in [-0.39, 0.29) is 0 Å². The van der Waals surface area contributed by atoms with Crippen LogP contribution in [0.4, 0.5) is 0 Å². The molecule has 3 aromatic heterocycles. The molecule has 0 aromatic carbocycles. The van der Waals surface area contributed by atoms with Gasteiger partial charge in [0, 0.05) is 36.8 Å². The maximum Gasteiger partial charge on any atom is 0.155 e. The number of hydrogen-bond acceptors (Lipinski definition) is 4. The van der Waals surface area contributed by atoms with Crippen LogP contribution in [0.2, 0.25) is 0 Å². The van der Waals surface area contributed by atoms with E-state index in [2.05, 4.69) is 15.1 Å². The van der Waals surface area contributed by atoms with Gasteiger partial charge in [-0.2, -0.15) is 5.10 Å². The first-order chi connectivity index (χ1) is 8.38. The summed E-state index contributed by atoms with van der Waals surface area (Å²) >= 11 is 0. The largest absolute Gasteiger partial charge is 0.325 e. The lowest BCUT2D eigenvalue weighted by molar-refractivity contribution is 0.838. The number of rotatable bonds is 2. The van der Waals surface area contributed by atoms with Gasteiger partial charge in [0.2, 0.25) is 0 Å². The Morgan fingerprint density at radius 2 is 1.94 bits per heavy atom. The van der Waals surface area contributed by atoms with E-state index in [0.717, 1.165) is 22.6 Å². The number of fused-ring (bicyclic) bond motifs is 1. The van der Waals surface area contributed by atoms with Crippen molar-refractivity contribution >= 4 is 5.65 Å². The van der Waals surface area contributed by atoms with Crippen LogP contribution in [0.1, 0.15) is 5.69 Å². The number of nitrogens with zero attached hydrogens (tertiary/aromatic N) is 4. The molecule has 5 heteroatoms. The third-order valence-electron chi connectivity index (χ3n) is 2.62. The molecule has 3 rings (SSSR count). The summed E-state index contributed by atoms with van der Waals surface area (Å²) in [7, 11) is 0. The fourth-order valence-electron chi connectivity index (χ4n) is 1.76. The summed E-state index contributed by atoms with van der Waals surface area (Å²) in [5.74, 6) is 0. The molecule has 17 heavy (non-hydrogen) atoms. The summed E-state index contributed by atoms with van der Waals surface area (Å²) in [5, 5.41) is 4.50. The molecule has 3 heterocycles. The summed E-state index contributed by atoms with van der Waals surface area (Å²) in [4.78, 5) is 8.25. The van der Waals surface area contributed by atoms with Crippen LogP contribution in [0.3, 0.4) is 0 Å². The average Bonchev–Trinajstić information content (AvgIpc) is 2.83. The van der Waals surface area contributed by atoms with Crippen LogP contribution in [0.5, 0.6) is 0 Å². The summed E-state index contributed by atoms with van der Waals surface area (Å²) in [6.45, 7) is 0.441. The van der Waals surface area contributed by atoms with Gasteiger partial charge in [0.15, 0.2) is 5.65 Å². The minimum Gasteiger partial charge on any atom is -0.325 e. The number of pyridine rings is 1. The monoisotopic (exact) mass is 225 g/mol. The van der Waals surface area contributed by atoms with Crippen LogP contribution >= 0.6 is 0 Å². The van der Waals surface area contributed by atoms with Gasteiger partial charge in [-0.15, -0.1) is 0 Å². The molecular weight excluding hydrogens is 214 g/mol. The summed E-state index contributed by atoms with van der Waals surface area (Å²) in [6.07, 6.45) is 5.24. The van der Waals surface area contributed by atoms with Crippen molar-refractivity contribution in [3.63, 3.8) is 0 Å². The van der Waals surface area contributed by atoms with Crippen LogP contribution in [0.15, 0.2) is 42.9 Å². The quantitative estimate of drug-likeness (QED) is 0.712. The van der Waals surface area contributed by atoms with Crippen LogP contribution in [-0.4, -0.2) is 19.6 Å². The Labute approximate surface area is 97.9 Å². The highest BCUT2D eigenvalue weighted by Gasteiger charge is 2.06. The minimum absolute atomic E-state index is 0.441. The van der Waals surface area contributed by atoms with Gasteiger partial charge in [-0.05, 0) is 18.2 Å². The van der Waals surface area contributed by atoms with Gasteiger partial charge in [0.25, 0.3) is 0 Å². The summed E-state index contributed by atoms with van der Waals surface area (Å²) in [6, 6.07) is 7.65. The Kier molecular flexibility index (Phi) is 2.31. The lowest BCUT2D eigenvalue weighted by atomic mass is 10.2. The molecule has 5 nitrogen and oxygen atoms in total. The maximum absolute atomic E-state index is 5.67. The van der Waals surface area contributed by atoms with Gasteiger partial charge < -0.3 is 5.73 Å². The highest BCUT2D eigenvalue weighted by atomic mass is 15.3. The fraction of sp³-hybridized carbons (Fsp3) is 0.0833. The Balaban J connectivity index is 2.20. The van der Waals surface area contributed by atoms with Crippen LogP contribution < -0.4 is 5.73 Å². The van der Waals surface area contributed by atoms with E-state index >= 15 is 0 Å². The smallest absolute Gasteiger partial charge is 0.155 e. The number of hydrogen-bond donors (Lipinski definition) is 1. The summed E-state index contributed by atoms with van der Waals surface area (Å²) in [5.41, 5.74) is 9.31. The molecule has 0 spiro atoms. The van der Waals surface area contributed by atoms with E-state index in [1.54, 1.807) is 23.1 Å². The highest BCUT2D eigenvalue weighted by Crippen LogP contribution is 2.18. The molecule has 0 saturated heterocycles. The molecule has 84 valence electrons. The number of aromatic nitrogens is 4. The zero-order valence-corrected chi connectivity index (χ0v) is 9.11. The molecule has 0 fully saturated rings. The lowest BCUT2D eigenvalue weighted by Gasteiger charge is -1.99. The SMILES string of the molecule is NCc1ccnc2cc(-c3ccncc3)nn12. The lowest BCUT2D eigenvalue weighted by Crippen LogP contribution is -2.05. The van der Waals surface area contributed by atoms with Crippen molar-refractivity contribution in [2.75, 3.05) is 0 Å². The van der Waals surface area contributed by atoms with Gasteiger partial charge in [-0.25, -0.2) is 9.50 Å². The van der Waals surface area contributed by atoms with E-state index in [0.29, 0.717) is 6.54 Å². The van der Waals surface area contributed by atoms with Gasteiger partial charge in [0.1, 0.15) is 0 Å². The van der Waals surface area contributed by atoms with E-state index < -0.39 is 0 Å². The number of nitrogens with two attached hydrogens (primary N) is 1. The van der Waals surface area contributed by atoms with Crippen molar-refractivity contribution in [3.8, 4) is 11.3 Å². The van der Waals surface area contributed by atoms with Crippen molar-refractivity contribution in [2.45, 2.75) is 6.54 Å². The Bertz CT molecular complexity index is 644. The molecule has 0 saturated carbocycles. The van der Waals surface area contributed by atoms with Gasteiger partial charge in [-0.3, -0.25) is 4.98 Å². The fourth-order valence-corrected chi connectivity index (χ4v) is 1.76. The van der Waals surface area contributed by atoms with Gasteiger partial charge in [-0.1, -0.05) is 0 Å². The molecule has 0 radical (unpaired) electrons. The van der Waals surface area contributed by atoms with E-state index in [1.807, 2.05) is 24.3 Å². The van der Waals surface area contributed by atoms with Crippen molar-refractivity contribution in [1.82, 2.24) is 19.6 Å². The highest BCUT2D eigenvalue weighted by molar-refractivity contribution is 5.63. The normalized spacial score (nSPS) is 10.9. The Morgan fingerprint density at radius 1 is 1.12 bits per heavy atom. The van der Waals surface area contributed by atoms with Crippen LogP contribution in [0.25, 0.3) is 16.9 Å². The van der Waals surface area contributed by atoms with E-state index in [1.165, 1.54) is 0 Å². The molecule has 0 aliphatic carbocycles. The molecule has 0 atom stereocenters. The predicted molar refractivity (Wildman–Crippen MR) is 64.1 cm³/mol. The third kappa shape index (κ3) is 1.66. The first-order valence-corrected chi connectivity index (χ1v) is 5.32. The maximum atomic E-state index is 5.67. The van der Waals surface area contributed by atoms with Crippen LogP contribution in [0, 0.1) is 0 Å². The second kappa shape index (κ2) is 3.95. The molecule has 0 aliphatic heterocycles. The Hall–Kier alpha value is -2.27. The standard InChI is InChI=1S/C12H11N5/c13-8-10-3-6-15-12-7-11(16-17(10)12)9-1-4-14-5-2-9/h1-7H,8,13H2. The molecular formula is C12H11N5. The van der Waals surface area contributed by atoms with Crippen molar-refractivity contribution in [2.24, 2.45) is 5.73 Å². The zero-order chi connectivity index (χ0) is 11.7. The van der Waals surface area contributed by atoms with E-state index in [4.69, 9.17) is 5.73 Å². The molecule has 0 bridgehead atoms. The minimum atomic E-state index is 0.441. The van der Waals surface area contributed by atoms with Gasteiger partial charge >= 0.3 is 0 Å². The average molecular weight is 225 g/mol. The predicted octanol–water partition coefficient (Wildman–Crippen LogP) is 1.25. The molecule has 3 aromatic rings. The topological polar surface area (TPSA) is 69.1 Å². The molecule has 0 unspecified atom stereocenters. The zero-order valence-electron chi connectivity index (χ0n) is 9.11. The van der Waals surface area contributed by atoms with Gasteiger partial charge in [0.05, 0.1) is 11.4 Å². The van der Waals surface area contributed by atoms with E-state index in [9.17, 15) is 0 Å². The van der Waals surface area contributed by atoms with Crippen LogP contribution in [-0.2, 0) is 6.54 Å².